The molecule has 0 saturated heterocycles. The van der Waals surface area contributed by atoms with Gasteiger partial charge in [-0.1, -0.05) is 36.8 Å². The number of benzene rings is 2. The van der Waals surface area contributed by atoms with E-state index in [1.807, 2.05) is 50.2 Å². The lowest BCUT2D eigenvalue weighted by Gasteiger charge is -2.19. The van der Waals surface area contributed by atoms with E-state index >= 15 is 0 Å². The third kappa shape index (κ3) is 5.85. The Labute approximate surface area is 181 Å². The zero-order valence-electron chi connectivity index (χ0n) is 17.8. The van der Waals surface area contributed by atoms with E-state index < -0.39 is 5.91 Å². The summed E-state index contributed by atoms with van der Waals surface area (Å²) in [6.45, 7) is 3.93. The monoisotopic (exact) mass is 418 g/mol. The van der Waals surface area contributed by atoms with Crippen molar-refractivity contribution in [2.24, 2.45) is 0 Å². The number of ether oxygens (including phenoxy) is 1. The van der Waals surface area contributed by atoms with Crippen LogP contribution in [0.2, 0.25) is 0 Å². The lowest BCUT2D eigenvalue weighted by atomic mass is 10.0. The molecule has 0 aliphatic carbocycles. The van der Waals surface area contributed by atoms with Crippen molar-refractivity contribution in [2.75, 3.05) is 7.11 Å². The van der Waals surface area contributed by atoms with Gasteiger partial charge in [-0.25, -0.2) is 0 Å². The molecule has 2 amide bonds. The maximum absolute atomic E-state index is 13.1. The molecule has 0 radical (unpaired) electrons. The Balaban J connectivity index is 1.81. The van der Waals surface area contributed by atoms with Crippen LogP contribution in [0.25, 0.3) is 6.08 Å². The van der Waals surface area contributed by atoms with Crippen LogP contribution in [0, 0.1) is 6.92 Å². The molecule has 0 fully saturated rings. The molecule has 0 bridgehead atoms. The standard InChI is InChI=1S/C25H26N2O4/c1-4-22(18-11-13-20(30-3)14-12-18)26-25(29)23(16-21-6-5-15-31-21)27-24(28)19-9-7-17(2)8-10-19/h5-16,22H,4H2,1-3H3,(H,26,29)(H,27,28)/b23-16-/t22-/m0/s1. The SMILES string of the molecule is CC[C@H](NC(=O)/C(=C/c1ccco1)NC(=O)c1ccc(C)cc1)c1ccc(OC)cc1. The Morgan fingerprint density at radius 1 is 1.06 bits per heavy atom. The zero-order valence-corrected chi connectivity index (χ0v) is 17.8. The van der Waals surface area contributed by atoms with Crippen LogP contribution in [0.1, 0.15) is 46.6 Å². The summed E-state index contributed by atoms with van der Waals surface area (Å²) in [5.41, 5.74) is 2.56. The smallest absolute Gasteiger partial charge is 0.268 e. The van der Waals surface area contributed by atoms with Crippen molar-refractivity contribution in [2.45, 2.75) is 26.3 Å². The lowest BCUT2D eigenvalue weighted by molar-refractivity contribution is -0.118. The van der Waals surface area contributed by atoms with Crippen molar-refractivity contribution in [1.29, 1.82) is 0 Å². The molecule has 1 atom stereocenters. The molecular formula is C25H26N2O4. The number of furan rings is 1. The van der Waals surface area contributed by atoms with E-state index in [9.17, 15) is 9.59 Å². The average Bonchev–Trinajstić information content (AvgIpc) is 3.30. The molecule has 0 spiro atoms. The van der Waals surface area contributed by atoms with Gasteiger partial charge in [0.2, 0.25) is 0 Å². The first kappa shape index (κ1) is 21.9. The molecule has 6 heteroatoms. The molecule has 0 aliphatic heterocycles. The highest BCUT2D eigenvalue weighted by Gasteiger charge is 2.19. The van der Waals surface area contributed by atoms with Gasteiger partial charge < -0.3 is 19.8 Å². The summed E-state index contributed by atoms with van der Waals surface area (Å²) in [5, 5.41) is 5.71. The summed E-state index contributed by atoms with van der Waals surface area (Å²) in [6, 6.07) is 17.9. The number of aryl methyl sites for hydroxylation is 1. The Morgan fingerprint density at radius 3 is 2.35 bits per heavy atom. The van der Waals surface area contributed by atoms with E-state index in [1.165, 1.54) is 12.3 Å². The van der Waals surface area contributed by atoms with E-state index in [2.05, 4.69) is 10.6 Å². The number of amides is 2. The number of carbonyl (C=O) groups is 2. The molecule has 1 aromatic heterocycles. The molecule has 160 valence electrons. The van der Waals surface area contributed by atoms with Gasteiger partial charge in [-0.15, -0.1) is 0 Å². The summed E-state index contributed by atoms with van der Waals surface area (Å²) in [4.78, 5) is 25.8. The van der Waals surface area contributed by atoms with Crippen molar-refractivity contribution in [3.8, 4) is 5.75 Å². The fraction of sp³-hybridized carbons (Fsp3) is 0.200. The summed E-state index contributed by atoms with van der Waals surface area (Å²) < 4.78 is 10.5. The highest BCUT2D eigenvalue weighted by molar-refractivity contribution is 6.05. The van der Waals surface area contributed by atoms with Crippen molar-refractivity contribution in [3.05, 3.63) is 95.1 Å². The van der Waals surface area contributed by atoms with Crippen LogP contribution in [0.15, 0.2) is 77.0 Å². The van der Waals surface area contributed by atoms with Gasteiger partial charge in [0.05, 0.1) is 19.4 Å². The molecule has 3 rings (SSSR count). The summed E-state index contributed by atoms with van der Waals surface area (Å²) in [7, 11) is 1.61. The summed E-state index contributed by atoms with van der Waals surface area (Å²) in [5.74, 6) is 0.436. The van der Waals surface area contributed by atoms with Crippen molar-refractivity contribution >= 4 is 17.9 Å². The second-order valence-electron chi connectivity index (χ2n) is 7.10. The molecule has 0 saturated carbocycles. The summed E-state index contributed by atoms with van der Waals surface area (Å²) >= 11 is 0. The number of hydrogen-bond acceptors (Lipinski definition) is 4. The highest BCUT2D eigenvalue weighted by atomic mass is 16.5. The number of methoxy groups -OCH3 is 1. The van der Waals surface area contributed by atoms with Crippen LogP contribution in [-0.2, 0) is 4.79 Å². The average molecular weight is 418 g/mol. The zero-order chi connectivity index (χ0) is 22.2. The van der Waals surface area contributed by atoms with Gasteiger partial charge in [0, 0.05) is 11.6 Å². The molecule has 3 aromatic rings. The molecule has 0 aliphatic rings. The predicted molar refractivity (Wildman–Crippen MR) is 119 cm³/mol. The topological polar surface area (TPSA) is 80.6 Å². The largest absolute Gasteiger partial charge is 0.497 e. The van der Waals surface area contributed by atoms with Gasteiger partial charge in [-0.3, -0.25) is 9.59 Å². The Bertz CT molecular complexity index is 1040. The van der Waals surface area contributed by atoms with Crippen LogP contribution < -0.4 is 15.4 Å². The molecule has 2 N–H and O–H groups in total. The highest BCUT2D eigenvalue weighted by Crippen LogP contribution is 2.21. The first-order chi connectivity index (χ1) is 15.0. The Kier molecular flexibility index (Phi) is 7.27. The first-order valence-electron chi connectivity index (χ1n) is 10.1. The van der Waals surface area contributed by atoms with E-state index in [0.717, 1.165) is 16.9 Å². The quantitative estimate of drug-likeness (QED) is 0.523. The second-order valence-corrected chi connectivity index (χ2v) is 7.10. The van der Waals surface area contributed by atoms with Crippen LogP contribution >= 0.6 is 0 Å². The normalized spacial score (nSPS) is 12.2. The third-order valence-corrected chi connectivity index (χ3v) is 4.87. The predicted octanol–water partition coefficient (Wildman–Crippen LogP) is 4.64. The molecule has 1 heterocycles. The minimum Gasteiger partial charge on any atom is -0.497 e. The number of nitrogens with one attached hydrogen (secondary N) is 2. The third-order valence-electron chi connectivity index (χ3n) is 4.87. The second kappa shape index (κ2) is 10.3. The van der Waals surface area contributed by atoms with Gasteiger partial charge in [0.25, 0.3) is 11.8 Å². The van der Waals surface area contributed by atoms with E-state index in [-0.39, 0.29) is 17.6 Å². The van der Waals surface area contributed by atoms with Crippen molar-refractivity contribution < 1.29 is 18.7 Å². The minimum atomic E-state index is -0.403. The summed E-state index contributed by atoms with van der Waals surface area (Å²) in [6.07, 6.45) is 3.70. The van der Waals surface area contributed by atoms with Gasteiger partial charge in [0.1, 0.15) is 17.2 Å². The molecule has 2 aromatic carbocycles. The minimum absolute atomic E-state index is 0.104. The fourth-order valence-electron chi connectivity index (χ4n) is 3.07. The maximum atomic E-state index is 13.1. The van der Waals surface area contributed by atoms with Gasteiger partial charge in [0.15, 0.2) is 0 Å². The number of rotatable bonds is 8. The Hall–Kier alpha value is -3.80. The first-order valence-corrected chi connectivity index (χ1v) is 10.1. The maximum Gasteiger partial charge on any atom is 0.268 e. The molecule has 31 heavy (non-hydrogen) atoms. The number of carbonyl (C=O) groups excluding carboxylic acids is 2. The fourth-order valence-corrected chi connectivity index (χ4v) is 3.07. The van der Waals surface area contributed by atoms with Crippen LogP contribution in [0.4, 0.5) is 0 Å². The Morgan fingerprint density at radius 2 is 1.77 bits per heavy atom. The van der Waals surface area contributed by atoms with Crippen LogP contribution in [0.3, 0.4) is 0 Å². The van der Waals surface area contributed by atoms with Crippen LogP contribution in [-0.4, -0.2) is 18.9 Å². The van der Waals surface area contributed by atoms with Gasteiger partial charge >= 0.3 is 0 Å². The van der Waals surface area contributed by atoms with Crippen molar-refractivity contribution in [1.82, 2.24) is 10.6 Å². The van der Waals surface area contributed by atoms with E-state index in [4.69, 9.17) is 9.15 Å². The van der Waals surface area contributed by atoms with E-state index in [1.54, 1.807) is 31.4 Å². The van der Waals surface area contributed by atoms with E-state index in [0.29, 0.717) is 17.7 Å². The number of hydrogen-bond donors (Lipinski definition) is 2. The van der Waals surface area contributed by atoms with Gasteiger partial charge in [-0.2, -0.15) is 0 Å². The van der Waals surface area contributed by atoms with Gasteiger partial charge in [-0.05, 0) is 55.3 Å². The van der Waals surface area contributed by atoms with Crippen LogP contribution in [0.5, 0.6) is 5.75 Å². The molecule has 6 nitrogen and oxygen atoms in total. The molecule has 0 unspecified atom stereocenters. The lowest BCUT2D eigenvalue weighted by Crippen LogP contribution is -2.36. The molecular weight excluding hydrogens is 392 g/mol. The van der Waals surface area contributed by atoms with Crippen molar-refractivity contribution in [3.63, 3.8) is 0 Å².